The van der Waals surface area contributed by atoms with E-state index in [9.17, 15) is 9.59 Å². The number of amides is 2. The number of hydrogen-bond acceptors (Lipinski definition) is 6. The van der Waals surface area contributed by atoms with Gasteiger partial charge in [-0.05, 0) is 51.2 Å². The fraction of sp³-hybridized carbons (Fsp3) is 0.560. The van der Waals surface area contributed by atoms with E-state index in [2.05, 4.69) is 21.8 Å². The van der Waals surface area contributed by atoms with Crippen LogP contribution in [0.1, 0.15) is 37.4 Å². The van der Waals surface area contributed by atoms with Crippen LogP contribution in [0.15, 0.2) is 30.5 Å². The molecule has 1 saturated heterocycles. The van der Waals surface area contributed by atoms with E-state index in [1.807, 2.05) is 43.1 Å². The summed E-state index contributed by atoms with van der Waals surface area (Å²) < 4.78 is 13.8. The van der Waals surface area contributed by atoms with Gasteiger partial charge >= 0.3 is 0 Å². The normalized spacial score (nSPS) is 22.1. The topological polar surface area (TPSA) is 97.7 Å². The molecule has 2 aliphatic rings. The fourth-order valence-electron chi connectivity index (χ4n) is 4.65. The van der Waals surface area contributed by atoms with Gasteiger partial charge in [-0.15, -0.1) is 0 Å². The van der Waals surface area contributed by atoms with E-state index in [0.29, 0.717) is 39.3 Å². The summed E-state index contributed by atoms with van der Waals surface area (Å²) >= 11 is 0. The molecule has 0 radical (unpaired) electrons. The lowest BCUT2D eigenvalue weighted by molar-refractivity contribution is -0.163. The molecule has 9 nitrogen and oxygen atoms in total. The maximum atomic E-state index is 13.2. The second-order valence-electron chi connectivity index (χ2n) is 9.00. The summed E-state index contributed by atoms with van der Waals surface area (Å²) in [6.45, 7) is 7.03. The average molecular weight is 470 g/mol. The molecule has 1 aromatic heterocycles. The Bertz CT molecular complexity index is 1010. The summed E-state index contributed by atoms with van der Waals surface area (Å²) in [6, 6.07) is 8.07. The number of para-hydroxylation sites is 1. The van der Waals surface area contributed by atoms with Gasteiger partial charge in [0.2, 0.25) is 5.91 Å². The Morgan fingerprint density at radius 3 is 2.94 bits per heavy atom. The van der Waals surface area contributed by atoms with Gasteiger partial charge in [-0.1, -0.05) is 18.2 Å². The molecule has 2 N–H and O–H groups in total. The maximum Gasteiger partial charge on any atom is 0.253 e. The van der Waals surface area contributed by atoms with Gasteiger partial charge in [0.25, 0.3) is 5.91 Å². The van der Waals surface area contributed by atoms with Crippen LogP contribution in [0.4, 0.5) is 5.69 Å². The molecule has 1 fully saturated rings. The summed E-state index contributed by atoms with van der Waals surface area (Å²) in [5, 5.41) is 10.3. The van der Waals surface area contributed by atoms with E-state index in [-0.39, 0.29) is 18.4 Å². The van der Waals surface area contributed by atoms with Crippen LogP contribution < -0.4 is 15.4 Å². The van der Waals surface area contributed by atoms with Crippen molar-refractivity contribution < 1.29 is 19.1 Å². The van der Waals surface area contributed by atoms with Gasteiger partial charge in [-0.25, -0.2) is 0 Å². The minimum atomic E-state index is -0.958. The van der Waals surface area contributed by atoms with E-state index >= 15 is 0 Å². The number of anilines is 1. The first-order valence-corrected chi connectivity index (χ1v) is 12.2. The Balaban J connectivity index is 1.39. The summed E-state index contributed by atoms with van der Waals surface area (Å²) in [5.74, 6) is 0.641. The molecule has 0 saturated carbocycles. The van der Waals surface area contributed by atoms with Crippen LogP contribution in [0.3, 0.4) is 0 Å². The van der Waals surface area contributed by atoms with Gasteiger partial charge in [-0.2, -0.15) is 5.10 Å². The molecule has 0 bridgehead atoms. The van der Waals surface area contributed by atoms with E-state index in [1.165, 1.54) is 5.56 Å². The molecular formula is C25H35N5O4. The summed E-state index contributed by atoms with van der Waals surface area (Å²) in [6.07, 6.45) is 5.12. The van der Waals surface area contributed by atoms with Gasteiger partial charge in [0.15, 0.2) is 5.60 Å². The quantitative estimate of drug-likeness (QED) is 0.712. The highest BCUT2D eigenvalue weighted by atomic mass is 16.5. The molecule has 4 rings (SSSR count). The number of carbonyl (C=O) groups excluding carboxylic acids is 2. The van der Waals surface area contributed by atoms with Crippen LogP contribution in [0, 0.1) is 6.92 Å². The van der Waals surface area contributed by atoms with Crippen molar-refractivity contribution in [1.82, 2.24) is 20.0 Å². The van der Waals surface area contributed by atoms with Crippen molar-refractivity contribution in [3.05, 3.63) is 41.7 Å². The number of aromatic nitrogens is 2. The smallest absolute Gasteiger partial charge is 0.253 e. The second-order valence-corrected chi connectivity index (χ2v) is 9.00. The number of nitrogens with one attached hydrogen (secondary N) is 2. The zero-order valence-electron chi connectivity index (χ0n) is 20.1. The number of rotatable bonds is 4. The van der Waals surface area contributed by atoms with Gasteiger partial charge < -0.3 is 20.1 Å². The van der Waals surface area contributed by atoms with Crippen LogP contribution in [-0.2, 0) is 27.3 Å². The fourth-order valence-corrected chi connectivity index (χ4v) is 4.65. The van der Waals surface area contributed by atoms with E-state index in [1.54, 1.807) is 4.68 Å². The van der Waals surface area contributed by atoms with Gasteiger partial charge in [-0.3, -0.25) is 19.2 Å². The number of nitrogens with zero attached hydrogens (tertiary/aromatic N) is 3. The lowest BCUT2D eigenvalue weighted by Gasteiger charge is -2.41. The van der Waals surface area contributed by atoms with Crippen molar-refractivity contribution in [2.45, 2.75) is 51.7 Å². The van der Waals surface area contributed by atoms with Crippen molar-refractivity contribution >= 4 is 17.5 Å². The molecule has 1 unspecified atom stereocenters. The van der Waals surface area contributed by atoms with Crippen LogP contribution in [0.25, 0.3) is 0 Å². The first kappa shape index (κ1) is 24.2. The molecule has 184 valence electrons. The average Bonchev–Trinajstić information content (AvgIpc) is 3.18. The third-order valence-corrected chi connectivity index (χ3v) is 6.48. The van der Waals surface area contributed by atoms with E-state index in [4.69, 9.17) is 9.47 Å². The molecule has 2 amide bonds. The Hall–Kier alpha value is -2.91. The lowest BCUT2D eigenvalue weighted by atomic mass is 9.91. The minimum absolute atomic E-state index is 0.116. The number of morpholine rings is 1. The van der Waals surface area contributed by atoms with Gasteiger partial charge in [0.1, 0.15) is 12.4 Å². The predicted molar refractivity (Wildman–Crippen MR) is 129 cm³/mol. The third kappa shape index (κ3) is 5.77. The zero-order chi connectivity index (χ0) is 24.0. The van der Waals surface area contributed by atoms with Crippen molar-refractivity contribution in [2.24, 2.45) is 0 Å². The lowest BCUT2D eigenvalue weighted by Crippen LogP contribution is -2.61. The van der Waals surface area contributed by atoms with Crippen molar-refractivity contribution in [3.63, 3.8) is 0 Å². The Kier molecular flexibility index (Phi) is 7.84. The van der Waals surface area contributed by atoms with Crippen LogP contribution >= 0.6 is 0 Å². The molecule has 1 aromatic carbocycles. The first-order chi connectivity index (χ1) is 16.5. The Labute approximate surface area is 200 Å². The highest BCUT2D eigenvalue weighted by molar-refractivity contribution is 5.92. The first-order valence-electron chi connectivity index (χ1n) is 12.2. The molecular weight excluding hydrogens is 434 g/mol. The summed E-state index contributed by atoms with van der Waals surface area (Å²) in [4.78, 5) is 28.0. The number of hydrogen-bond donors (Lipinski definition) is 2. The molecule has 1 atom stereocenters. The molecule has 0 aliphatic carbocycles. The SMILES string of the molecule is CCn1cc(NC(=O)CN2CCOC3(CCCCc4ccccc4OCCNC3=O)C2)c(C)n1. The van der Waals surface area contributed by atoms with Gasteiger partial charge in [0.05, 0.1) is 31.1 Å². The molecule has 1 spiro atoms. The van der Waals surface area contributed by atoms with Crippen molar-refractivity contribution in [3.8, 4) is 5.75 Å². The number of benzene rings is 1. The second kappa shape index (κ2) is 11.0. The number of aryl methyl sites for hydroxylation is 3. The molecule has 2 aliphatic heterocycles. The largest absolute Gasteiger partial charge is 0.491 e. The molecule has 9 heteroatoms. The minimum Gasteiger partial charge on any atom is -0.491 e. The molecule has 3 heterocycles. The highest BCUT2D eigenvalue weighted by Gasteiger charge is 2.43. The number of ether oxygens (including phenoxy) is 2. The van der Waals surface area contributed by atoms with E-state index < -0.39 is 5.60 Å². The number of carbonyl (C=O) groups is 2. The summed E-state index contributed by atoms with van der Waals surface area (Å²) in [7, 11) is 0. The van der Waals surface area contributed by atoms with Crippen LogP contribution in [-0.4, -0.2) is 71.5 Å². The summed E-state index contributed by atoms with van der Waals surface area (Å²) in [5.41, 5.74) is 1.74. The standard InChI is InChI=1S/C25H35N5O4/c1-3-30-16-21(19(2)28-30)27-23(31)17-29-13-15-34-25(18-29)11-7-6-9-20-8-4-5-10-22(20)33-14-12-26-24(25)32/h4-5,8,10,16H,3,6-7,9,11-15,17-18H2,1-2H3,(H,26,32)(H,27,31). The van der Waals surface area contributed by atoms with Crippen molar-refractivity contribution in [1.29, 1.82) is 0 Å². The third-order valence-electron chi connectivity index (χ3n) is 6.48. The van der Waals surface area contributed by atoms with Crippen LogP contribution in [0.5, 0.6) is 5.75 Å². The monoisotopic (exact) mass is 469 g/mol. The highest BCUT2D eigenvalue weighted by Crippen LogP contribution is 2.27. The Morgan fingerprint density at radius 1 is 1.26 bits per heavy atom. The van der Waals surface area contributed by atoms with Crippen LogP contribution in [0.2, 0.25) is 0 Å². The Morgan fingerprint density at radius 2 is 2.12 bits per heavy atom. The maximum absolute atomic E-state index is 13.2. The molecule has 34 heavy (non-hydrogen) atoms. The van der Waals surface area contributed by atoms with Gasteiger partial charge in [0, 0.05) is 25.8 Å². The van der Waals surface area contributed by atoms with Crippen molar-refractivity contribution in [2.75, 3.05) is 44.7 Å². The molecule has 2 aromatic rings. The van der Waals surface area contributed by atoms with E-state index in [0.717, 1.165) is 42.9 Å². The number of fused-ring (bicyclic) bond motifs is 1. The zero-order valence-corrected chi connectivity index (χ0v) is 20.1. The predicted octanol–water partition coefficient (Wildman–Crippen LogP) is 2.14.